The van der Waals surface area contributed by atoms with E-state index in [0.29, 0.717) is 53.8 Å². The van der Waals surface area contributed by atoms with Gasteiger partial charge in [0.25, 0.3) is 0 Å². The smallest absolute Gasteiger partial charge is 0.409 e. The summed E-state index contributed by atoms with van der Waals surface area (Å²) in [5.74, 6) is 0. The van der Waals surface area contributed by atoms with E-state index < -0.39 is 0 Å². The number of fused-ring (bicyclic) bond motifs is 1. The third kappa shape index (κ3) is 4.63. The van der Waals surface area contributed by atoms with Gasteiger partial charge in [0.15, 0.2) is 5.43 Å². The summed E-state index contributed by atoms with van der Waals surface area (Å²) in [6, 6.07) is 5.57. The lowest BCUT2D eigenvalue weighted by atomic mass is 10.0. The molecule has 1 aromatic heterocycles. The number of benzene rings is 1. The molecule has 7 nitrogen and oxygen atoms in total. The van der Waals surface area contributed by atoms with Crippen LogP contribution in [0.5, 0.6) is 0 Å². The van der Waals surface area contributed by atoms with Crippen molar-refractivity contribution in [3.05, 3.63) is 45.3 Å². The van der Waals surface area contributed by atoms with Gasteiger partial charge in [0.1, 0.15) is 5.58 Å². The topological polar surface area (TPSA) is 66.2 Å². The van der Waals surface area contributed by atoms with Crippen LogP contribution in [-0.4, -0.2) is 72.7 Å². The van der Waals surface area contributed by atoms with Crippen LogP contribution in [0.3, 0.4) is 0 Å². The number of carbonyl (C=O) groups excluding carboxylic acids is 1. The molecule has 8 heteroatoms. The lowest BCUT2D eigenvalue weighted by molar-refractivity contribution is 0.0411. The highest BCUT2D eigenvalue weighted by atomic mass is 35.5. The summed E-state index contributed by atoms with van der Waals surface area (Å²) < 4.78 is 10.8. The van der Waals surface area contributed by atoms with Crippen molar-refractivity contribution in [2.75, 3.05) is 45.9 Å². The van der Waals surface area contributed by atoms with E-state index in [1.54, 1.807) is 29.4 Å². The summed E-state index contributed by atoms with van der Waals surface area (Å²) in [4.78, 5) is 31.4. The van der Waals surface area contributed by atoms with Gasteiger partial charge < -0.3 is 14.1 Å². The van der Waals surface area contributed by atoms with Crippen molar-refractivity contribution in [1.29, 1.82) is 0 Å². The van der Waals surface area contributed by atoms with Crippen LogP contribution in [0.2, 0.25) is 5.02 Å². The molecule has 0 bridgehead atoms. The molecule has 0 N–H and O–H groups in total. The zero-order valence-corrected chi connectivity index (χ0v) is 18.1. The van der Waals surface area contributed by atoms with E-state index in [1.807, 2.05) is 6.92 Å². The molecule has 1 amide bonds. The Balaban J connectivity index is 1.38. The number of piperazine rings is 1. The van der Waals surface area contributed by atoms with E-state index >= 15 is 0 Å². The molecule has 30 heavy (non-hydrogen) atoms. The predicted molar refractivity (Wildman–Crippen MR) is 116 cm³/mol. The van der Waals surface area contributed by atoms with Crippen LogP contribution in [0.1, 0.15) is 25.3 Å². The first-order chi connectivity index (χ1) is 14.5. The highest BCUT2D eigenvalue weighted by Crippen LogP contribution is 2.21. The molecule has 162 valence electrons. The minimum Gasteiger partial charge on any atom is -0.464 e. The van der Waals surface area contributed by atoms with Gasteiger partial charge in [-0.25, -0.2) is 4.79 Å². The quantitative estimate of drug-likeness (QED) is 0.737. The molecule has 2 fully saturated rings. The number of halogens is 1. The fourth-order valence-electron chi connectivity index (χ4n) is 4.45. The molecule has 0 aliphatic carbocycles. The number of rotatable bonds is 4. The van der Waals surface area contributed by atoms with Gasteiger partial charge in [0.05, 0.1) is 18.3 Å². The summed E-state index contributed by atoms with van der Waals surface area (Å²) in [5, 5.41) is 1.07. The summed E-state index contributed by atoms with van der Waals surface area (Å²) in [7, 11) is 0. The molecular formula is C22H28ClN3O4. The molecule has 3 heterocycles. The van der Waals surface area contributed by atoms with Crippen LogP contribution < -0.4 is 5.43 Å². The molecule has 4 rings (SSSR count). The second kappa shape index (κ2) is 9.37. The first-order valence-corrected chi connectivity index (χ1v) is 11.0. The molecule has 2 aliphatic heterocycles. The van der Waals surface area contributed by atoms with Gasteiger partial charge in [-0.15, -0.1) is 0 Å². The standard InChI is InChI=1S/C22H28ClN3O4/c1-2-29-22(28)26-10-8-25(9-11-26)18-4-3-7-24(14-18)13-16-15-30-20-6-5-17(23)12-19(20)21(16)27/h5-6,12,15,18H,2-4,7-11,13-14H2,1H3/t18-/m0/s1. The van der Waals surface area contributed by atoms with Crippen LogP contribution in [0, 0.1) is 0 Å². The van der Waals surface area contributed by atoms with E-state index in [0.717, 1.165) is 39.0 Å². The van der Waals surface area contributed by atoms with Gasteiger partial charge in [-0.05, 0) is 44.5 Å². The van der Waals surface area contributed by atoms with Crippen molar-refractivity contribution >= 4 is 28.7 Å². The van der Waals surface area contributed by atoms with Gasteiger partial charge in [-0.3, -0.25) is 14.6 Å². The highest BCUT2D eigenvalue weighted by molar-refractivity contribution is 6.31. The summed E-state index contributed by atoms with van der Waals surface area (Å²) in [6.45, 7) is 7.79. The number of piperidine rings is 1. The van der Waals surface area contributed by atoms with Crippen LogP contribution >= 0.6 is 11.6 Å². The Morgan fingerprint density at radius 1 is 1.23 bits per heavy atom. The van der Waals surface area contributed by atoms with E-state index in [1.165, 1.54) is 0 Å². The van der Waals surface area contributed by atoms with Crippen LogP contribution in [0.15, 0.2) is 33.7 Å². The number of carbonyl (C=O) groups is 1. The van der Waals surface area contributed by atoms with Crippen molar-refractivity contribution < 1.29 is 13.9 Å². The Morgan fingerprint density at radius 3 is 2.80 bits per heavy atom. The van der Waals surface area contributed by atoms with Crippen LogP contribution in [0.25, 0.3) is 11.0 Å². The molecule has 0 saturated carbocycles. The Morgan fingerprint density at radius 2 is 2.03 bits per heavy atom. The number of ether oxygens (including phenoxy) is 1. The maximum absolute atomic E-state index is 12.9. The zero-order valence-electron chi connectivity index (χ0n) is 17.3. The minimum absolute atomic E-state index is 0.0103. The molecular weight excluding hydrogens is 406 g/mol. The van der Waals surface area contributed by atoms with Crippen molar-refractivity contribution in [2.45, 2.75) is 32.4 Å². The van der Waals surface area contributed by atoms with Crippen molar-refractivity contribution in [1.82, 2.24) is 14.7 Å². The maximum atomic E-state index is 12.9. The summed E-state index contributed by atoms with van der Waals surface area (Å²) >= 11 is 6.06. The molecule has 1 atom stereocenters. The summed E-state index contributed by atoms with van der Waals surface area (Å²) in [5.41, 5.74) is 1.21. The highest BCUT2D eigenvalue weighted by Gasteiger charge is 2.30. The molecule has 2 aliphatic rings. The first kappa shape index (κ1) is 21.2. The number of nitrogens with zero attached hydrogens (tertiary/aromatic N) is 3. The second-order valence-electron chi connectivity index (χ2n) is 7.98. The van der Waals surface area contributed by atoms with Gasteiger partial charge in [-0.1, -0.05) is 11.6 Å². The van der Waals surface area contributed by atoms with Gasteiger partial charge >= 0.3 is 6.09 Å². The zero-order chi connectivity index (χ0) is 21.1. The average Bonchev–Trinajstić information content (AvgIpc) is 2.76. The Hall–Kier alpha value is -2.09. The SMILES string of the molecule is CCOC(=O)N1CCN([C@H]2CCCN(Cc3coc4ccc(Cl)cc4c3=O)C2)CC1. The van der Waals surface area contributed by atoms with Crippen molar-refractivity contribution in [2.24, 2.45) is 0 Å². The fourth-order valence-corrected chi connectivity index (χ4v) is 4.62. The Kier molecular flexibility index (Phi) is 6.61. The van der Waals surface area contributed by atoms with Gasteiger partial charge in [0, 0.05) is 55.9 Å². The Labute approximate surface area is 181 Å². The van der Waals surface area contributed by atoms with Crippen LogP contribution in [0.4, 0.5) is 4.79 Å². The molecule has 2 saturated heterocycles. The lowest BCUT2D eigenvalue weighted by Crippen LogP contribution is -2.56. The number of hydrogen-bond donors (Lipinski definition) is 0. The average molecular weight is 434 g/mol. The molecule has 0 unspecified atom stereocenters. The number of amides is 1. The molecule has 2 aromatic rings. The van der Waals surface area contributed by atoms with Crippen molar-refractivity contribution in [3.63, 3.8) is 0 Å². The first-order valence-electron chi connectivity index (χ1n) is 10.6. The van der Waals surface area contributed by atoms with Gasteiger partial charge in [0.2, 0.25) is 0 Å². The predicted octanol–water partition coefficient (Wildman–Crippen LogP) is 3.18. The third-order valence-corrected chi connectivity index (χ3v) is 6.27. The number of likely N-dealkylation sites (tertiary alicyclic amines) is 1. The monoisotopic (exact) mass is 433 g/mol. The van der Waals surface area contributed by atoms with E-state index in [4.69, 9.17) is 20.8 Å². The molecule has 0 spiro atoms. The van der Waals surface area contributed by atoms with Crippen molar-refractivity contribution in [3.8, 4) is 0 Å². The van der Waals surface area contributed by atoms with E-state index in [9.17, 15) is 9.59 Å². The van der Waals surface area contributed by atoms with E-state index in [2.05, 4.69) is 9.80 Å². The lowest BCUT2D eigenvalue weighted by Gasteiger charge is -2.43. The normalized spacial score (nSPS) is 21.1. The van der Waals surface area contributed by atoms with Gasteiger partial charge in [-0.2, -0.15) is 0 Å². The minimum atomic E-state index is -0.217. The Bertz CT molecular complexity index is 955. The summed E-state index contributed by atoms with van der Waals surface area (Å²) in [6.07, 6.45) is 3.59. The maximum Gasteiger partial charge on any atom is 0.409 e. The number of hydrogen-bond acceptors (Lipinski definition) is 6. The van der Waals surface area contributed by atoms with Crippen LogP contribution in [-0.2, 0) is 11.3 Å². The third-order valence-electron chi connectivity index (χ3n) is 6.04. The fraction of sp³-hybridized carbons (Fsp3) is 0.545. The van der Waals surface area contributed by atoms with E-state index in [-0.39, 0.29) is 11.5 Å². The molecule has 1 aromatic carbocycles. The second-order valence-corrected chi connectivity index (χ2v) is 8.42. The largest absolute Gasteiger partial charge is 0.464 e. The molecule has 0 radical (unpaired) electrons.